The van der Waals surface area contributed by atoms with Gasteiger partial charge in [-0.05, 0) is 12.1 Å². The normalized spacial score (nSPS) is 10.6. The van der Waals surface area contributed by atoms with Gasteiger partial charge >= 0.3 is 11.7 Å². The van der Waals surface area contributed by atoms with Crippen molar-refractivity contribution >= 4 is 22.9 Å². The average molecular weight is 263 g/mol. The summed E-state index contributed by atoms with van der Waals surface area (Å²) in [5, 5.41) is 11.7. The summed E-state index contributed by atoms with van der Waals surface area (Å²) in [5.41, 5.74) is 0.464. The number of carboxylic acids is 1. The number of hydrogen-bond donors (Lipinski definition) is 3. The van der Waals surface area contributed by atoms with Crippen LogP contribution in [0.15, 0.2) is 23.0 Å². The summed E-state index contributed by atoms with van der Waals surface area (Å²) in [6.45, 7) is 1.85. The molecule has 0 aliphatic carbocycles. The number of para-hydroxylation sites is 1. The van der Waals surface area contributed by atoms with E-state index in [1.165, 1.54) is 17.6 Å². The molecular formula is C12H13N3O4. The monoisotopic (exact) mass is 263 g/mol. The van der Waals surface area contributed by atoms with Crippen LogP contribution in [-0.4, -0.2) is 33.1 Å². The van der Waals surface area contributed by atoms with Crippen LogP contribution in [0.25, 0.3) is 11.0 Å². The molecule has 0 fully saturated rings. The van der Waals surface area contributed by atoms with E-state index in [0.717, 1.165) is 0 Å². The Balaban J connectivity index is 2.47. The molecule has 100 valence electrons. The van der Waals surface area contributed by atoms with Crippen molar-refractivity contribution in [3.05, 3.63) is 34.2 Å². The summed E-state index contributed by atoms with van der Waals surface area (Å²) in [6.07, 6.45) is 0. The lowest BCUT2D eigenvalue weighted by atomic mass is 10.2. The Morgan fingerprint density at radius 1 is 1.42 bits per heavy atom. The molecule has 1 amide bonds. The first kappa shape index (κ1) is 12.9. The van der Waals surface area contributed by atoms with Gasteiger partial charge in [0.2, 0.25) is 5.91 Å². The maximum Gasteiger partial charge on any atom is 0.337 e. The largest absolute Gasteiger partial charge is 0.478 e. The maximum absolute atomic E-state index is 11.8. The number of fused-ring (bicyclic) bond motifs is 1. The number of hydrogen-bond acceptors (Lipinski definition) is 3. The van der Waals surface area contributed by atoms with Crippen molar-refractivity contribution < 1.29 is 14.7 Å². The summed E-state index contributed by atoms with van der Waals surface area (Å²) in [6, 6.07) is 4.64. The topological polar surface area (TPSA) is 104 Å². The van der Waals surface area contributed by atoms with Crippen LogP contribution in [0.3, 0.4) is 0 Å². The Hall–Kier alpha value is -2.57. The van der Waals surface area contributed by atoms with E-state index in [1.807, 2.05) is 0 Å². The van der Waals surface area contributed by atoms with E-state index >= 15 is 0 Å². The number of H-pyrrole nitrogens is 1. The number of amides is 1. The van der Waals surface area contributed by atoms with Gasteiger partial charge in [-0.3, -0.25) is 9.36 Å². The first-order valence-electron chi connectivity index (χ1n) is 5.70. The van der Waals surface area contributed by atoms with Crippen LogP contribution < -0.4 is 11.0 Å². The van der Waals surface area contributed by atoms with E-state index in [0.29, 0.717) is 11.0 Å². The van der Waals surface area contributed by atoms with E-state index in [9.17, 15) is 14.4 Å². The number of aromatic carboxylic acids is 1. The van der Waals surface area contributed by atoms with Crippen LogP contribution in [0.2, 0.25) is 0 Å². The maximum atomic E-state index is 11.8. The van der Waals surface area contributed by atoms with Crippen molar-refractivity contribution in [2.75, 3.05) is 6.54 Å². The molecule has 7 heteroatoms. The van der Waals surface area contributed by atoms with E-state index in [-0.39, 0.29) is 24.6 Å². The zero-order chi connectivity index (χ0) is 14.0. The van der Waals surface area contributed by atoms with Crippen LogP contribution in [0.5, 0.6) is 0 Å². The third kappa shape index (κ3) is 2.49. The lowest BCUT2D eigenvalue weighted by molar-refractivity contribution is -0.118. The van der Waals surface area contributed by atoms with Gasteiger partial charge in [0.05, 0.1) is 16.6 Å². The predicted molar refractivity (Wildman–Crippen MR) is 68.2 cm³/mol. The Kier molecular flexibility index (Phi) is 3.37. The fourth-order valence-corrected chi connectivity index (χ4v) is 1.95. The highest BCUT2D eigenvalue weighted by molar-refractivity contribution is 6.01. The number of carbonyl (C=O) groups excluding carboxylic acids is 1. The fraction of sp³-hybridized carbons (Fsp3) is 0.250. The van der Waals surface area contributed by atoms with E-state index in [2.05, 4.69) is 10.3 Å². The number of imidazole rings is 1. The number of rotatable bonds is 4. The van der Waals surface area contributed by atoms with Crippen LogP contribution in [0, 0.1) is 0 Å². The van der Waals surface area contributed by atoms with Gasteiger partial charge in [-0.15, -0.1) is 0 Å². The minimum Gasteiger partial charge on any atom is -0.478 e. The standard InChI is InChI=1S/C12H13N3O4/c1-7(16)13-5-6-15-10-8(11(17)18)3-2-4-9(10)14-12(15)19/h2-4H,5-6H2,1H3,(H,13,16)(H,14,19)(H,17,18). The highest BCUT2D eigenvalue weighted by atomic mass is 16.4. The van der Waals surface area contributed by atoms with E-state index in [1.54, 1.807) is 12.1 Å². The summed E-state index contributed by atoms with van der Waals surface area (Å²) in [4.78, 5) is 36.3. The molecule has 0 saturated carbocycles. The van der Waals surface area contributed by atoms with Gasteiger partial charge in [0.1, 0.15) is 0 Å². The van der Waals surface area contributed by atoms with E-state index in [4.69, 9.17) is 5.11 Å². The Morgan fingerprint density at radius 2 is 2.16 bits per heavy atom. The molecule has 0 saturated heterocycles. The van der Waals surface area contributed by atoms with Crippen molar-refractivity contribution in [3.8, 4) is 0 Å². The SMILES string of the molecule is CC(=O)NCCn1c(=O)[nH]c2cccc(C(=O)O)c21. The first-order chi connectivity index (χ1) is 9.00. The van der Waals surface area contributed by atoms with E-state index < -0.39 is 11.7 Å². The van der Waals surface area contributed by atoms with Crippen molar-refractivity contribution in [3.63, 3.8) is 0 Å². The van der Waals surface area contributed by atoms with Gasteiger partial charge in [-0.25, -0.2) is 9.59 Å². The molecule has 1 aromatic carbocycles. The third-order valence-corrected chi connectivity index (χ3v) is 2.73. The number of benzene rings is 1. The molecule has 0 aliphatic heterocycles. The Bertz CT molecular complexity index is 699. The predicted octanol–water partition coefficient (Wildman–Crippen LogP) is 0.164. The molecule has 0 atom stereocenters. The van der Waals surface area contributed by atoms with Crippen molar-refractivity contribution in [1.29, 1.82) is 0 Å². The summed E-state index contributed by atoms with van der Waals surface area (Å²) in [5.74, 6) is -1.30. The third-order valence-electron chi connectivity index (χ3n) is 2.73. The molecular weight excluding hydrogens is 250 g/mol. The molecule has 1 aromatic heterocycles. The lowest BCUT2D eigenvalue weighted by Crippen LogP contribution is -2.28. The number of aromatic nitrogens is 2. The summed E-state index contributed by atoms with van der Waals surface area (Å²) in [7, 11) is 0. The first-order valence-corrected chi connectivity index (χ1v) is 5.70. The molecule has 2 aromatic rings. The molecule has 0 spiro atoms. The van der Waals surface area contributed by atoms with Crippen molar-refractivity contribution in [2.24, 2.45) is 0 Å². The lowest BCUT2D eigenvalue weighted by Gasteiger charge is -2.06. The fourth-order valence-electron chi connectivity index (χ4n) is 1.95. The molecule has 0 unspecified atom stereocenters. The van der Waals surface area contributed by atoms with Gasteiger partial charge in [-0.1, -0.05) is 6.07 Å². The van der Waals surface area contributed by atoms with Crippen LogP contribution in [0.4, 0.5) is 0 Å². The number of nitrogens with one attached hydrogen (secondary N) is 2. The Labute approximate surface area is 107 Å². The zero-order valence-corrected chi connectivity index (χ0v) is 10.3. The zero-order valence-electron chi connectivity index (χ0n) is 10.3. The van der Waals surface area contributed by atoms with Crippen LogP contribution in [-0.2, 0) is 11.3 Å². The molecule has 0 aliphatic rings. The van der Waals surface area contributed by atoms with Crippen LogP contribution >= 0.6 is 0 Å². The van der Waals surface area contributed by atoms with Crippen LogP contribution in [0.1, 0.15) is 17.3 Å². The van der Waals surface area contributed by atoms with Gasteiger partial charge in [0, 0.05) is 20.0 Å². The van der Waals surface area contributed by atoms with Crippen molar-refractivity contribution in [2.45, 2.75) is 13.5 Å². The number of aromatic amines is 1. The number of carboxylic acid groups (broad SMARTS) is 1. The summed E-state index contributed by atoms with van der Waals surface area (Å²) >= 11 is 0. The number of nitrogens with zero attached hydrogens (tertiary/aromatic N) is 1. The molecule has 3 N–H and O–H groups in total. The quantitative estimate of drug-likeness (QED) is 0.731. The van der Waals surface area contributed by atoms with Gasteiger partial charge in [0.25, 0.3) is 0 Å². The number of carbonyl (C=O) groups is 2. The molecule has 7 nitrogen and oxygen atoms in total. The highest BCUT2D eigenvalue weighted by Gasteiger charge is 2.15. The molecule has 1 heterocycles. The summed E-state index contributed by atoms with van der Waals surface area (Å²) < 4.78 is 1.31. The highest BCUT2D eigenvalue weighted by Crippen LogP contribution is 2.15. The smallest absolute Gasteiger partial charge is 0.337 e. The second-order valence-corrected chi connectivity index (χ2v) is 4.07. The molecule has 0 radical (unpaired) electrons. The second-order valence-electron chi connectivity index (χ2n) is 4.07. The van der Waals surface area contributed by atoms with Gasteiger partial charge in [0.15, 0.2) is 0 Å². The Morgan fingerprint density at radius 3 is 2.79 bits per heavy atom. The second kappa shape index (κ2) is 4.97. The van der Waals surface area contributed by atoms with Gasteiger partial charge in [-0.2, -0.15) is 0 Å². The minimum absolute atomic E-state index is 0.0543. The van der Waals surface area contributed by atoms with Gasteiger partial charge < -0.3 is 15.4 Å². The molecule has 0 bridgehead atoms. The molecule has 2 rings (SSSR count). The minimum atomic E-state index is -1.10. The van der Waals surface area contributed by atoms with Crippen molar-refractivity contribution in [1.82, 2.24) is 14.9 Å². The average Bonchev–Trinajstić information content (AvgIpc) is 2.65. The molecule has 19 heavy (non-hydrogen) atoms.